The molecular formula is C7H11BrN2O2S. The zero-order chi connectivity index (χ0) is 9.90. The molecule has 1 saturated carbocycles. The topological polar surface area (TPSA) is 70.0 Å². The lowest BCUT2D eigenvalue weighted by molar-refractivity contribution is 0.518. The molecule has 1 aliphatic carbocycles. The second-order valence-corrected chi connectivity index (χ2v) is 6.17. The van der Waals surface area contributed by atoms with Crippen LogP contribution in [0.1, 0.15) is 19.3 Å². The predicted molar refractivity (Wildman–Crippen MR) is 52.6 cm³/mol. The zero-order valence-electron chi connectivity index (χ0n) is 7.03. The van der Waals surface area contributed by atoms with E-state index in [1.54, 1.807) is 0 Å². The first-order valence-electron chi connectivity index (χ1n) is 4.04. The van der Waals surface area contributed by atoms with Gasteiger partial charge in [-0.25, -0.2) is 13.1 Å². The Morgan fingerprint density at radius 2 is 2.23 bits per heavy atom. The lowest BCUT2D eigenvalue weighted by Gasteiger charge is -2.13. The molecule has 0 amide bonds. The number of nitrogens with zero attached hydrogens (tertiary/aromatic N) is 1. The summed E-state index contributed by atoms with van der Waals surface area (Å²) in [4.78, 5) is 0. The van der Waals surface area contributed by atoms with Crippen LogP contribution >= 0.6 is 15.9 Å². The molecular weight excluding hydrogens is 256 g/mol. The minimum atomic E-state index is -3.23. The van der Waals surface area contributed by atoms with Gasteiger partial charge >= 0.3 is 0 Å². The average Bonchev–Trinajstić information content (AvgIpc) is 2.51. The van der Waals surface area contributed by atoms with Gasteiger partial charge in [0, 0.05) is 6.04 Å². The van der Waals surface area contributed by atoms with Crippen LogP contribution in [0, 0.1) is 17.2 Å². The summed E-state index contributed by atoms with van der Waals surface area (Å²) >= 11 is 2.89. The van der Waals surface area contributed by atoms with E-state index in [1.807, 2.05) is 0 Å². The summed E-state index contributed by atoms with van der Waals surface area (Å²) in [7, 11) is -3.23. The standard InChI is InChI=1S/C7H11BrN2O2S/c8-5-13(11,12)10-7-3-1-2-6(7)4-9/h6-7,10H,1-3,5H2. The van der Waals surface area contributed by atoms with Crippen molar-refractivity contribution in [3.63, 3.8) is 0 Å². The van der Waals surface area contributed by atoms with Gasteiger partial charge in [0.2, 0.25) is 10.0 Å². The summed E-state index contributed by atoms with van der Waals surface area (Å²) in [6, 6.07) is 1.93. The molecule has 2 unspecified atom stereocenters. The molecule has 1 rings (SSSR count). The van der Waals surface area contributed by atoms with Gasteiger partial charge in [0.05, 0.1) is 12.0 Å². The van der Waals surface area contributed by atoms with E-state index in [1.165, 1.54) is 0 Å². The summed E-state index contributed by atoms with van der Waals surface area (Å²) < 4.78 is 24.7. The molecule has 0 saturated heterocycles. The maximum atomic E-state index is 11.1. The number of alkyl halides is 1. The molecule has 1 fully saturated rings. The molecule has 6 heteroatoms. The van der Waals surface area contributed by atoms with E-state index in [4.69, 9.17) is 5.26 Å². The number of hydrogen-bond donors (Lipinski definition) is 1. The third kappa shape index (κ3) is 2.93. The number of sulfonamides is 1. The number of halogens is 1. The summed E-state index contributed by atoms with van der Waals surface area (Å²) in [5, 5.41) is 8.71. The van der Waals surface area contributed by atoms with Gasteiger partial charge in [-0.2, -0.15) is 5.26 Å². The Morgan fingerprint density at radius 3 is 2.77 bits per heavy atom. The van der Waals surface area contributed by atoms with Gasteiger partial charge in [0.15, 0.2) is 0 Å². The fourth-order valence-electron chi connectivity index (χ4n) is 1.52. The van der Waals surface area contributed by atoms with E-state index in [0.717, 1.165) is 19.3 Å². The first-order valence-corrected chi connectivity index (χ1v) is 6.82. The van der Waals surface area contributed by atoms with Crippen molar-refractivity contribution in [2.75, 3.05) is 4.66 Å². The minimum Gasteiger partial charge on any atom is -0.212 e. The van der Waals surface area contributed by atoms with Crippen molar-refractivity contribution in [2.45, 2.75) is 25.3 Å². The zero-order valence-corrected chi connectivity index (χ0v) is 9.44. The van der Waals surface area contributed by atoms with Crippen LogP contribution in [0.4, 0.5) is 0 Å². The van der Waals surface area contributed by atoms with Crippen molar-refractivity contribution in [1.29, 1.82) is 5.26 Å². The Morgan fingerprint density at radius 1 is 1.54 bits per heavy atom. The molecule has 0 spiro atoms. The van der Waals surface area contributed by atoms with Crippen LogP contribution in [-0.2, 0) is 10.0 Å². The fourth-order valence-corrected chi connectivity index (χ4v) is 2.72. The van der Waals surface area contributed by atoms with Crippen molar-refractivity contribution in [2.24, 2.45) is 5.92 Å². The molecule has 0 aromatic carbocycles. The summed E-state index contributed by atoms with van der Waals surface area (Å²) in [5.74, 6) is -0.158. The molecule has 74 valence electrons. The van der Waals surface area contributed by atoms with Gasteiger partial charge in [0.25, 0.3) is 0 Å². The monoisotopic (exact) mass is 266 g/mol. The molecule has 0 aromatic rings. The second kappa shape index (κ2) is 4.40. The molecule has 4 nitrogen and oxygen atoms in total. The molecule has 0 heterocycles. The lowest BCUT2D eigenvalue weighted by atomic mass is 10.1. The van der Waals surface area contributed by atoms with Crippen LogP contribution in [0.15, 0.2) is 0 Å². The average molecular weight is 267 g/mol. The van der Waals surface area contributed by atoms with E-state index >= 15 is 0 Å². The maximum absolute atomic E-state index is 11.1. The van der Waals surface area contributed by atoms with Crippen molar-refractivity contribution < 1.29 is 8.42 Å². The van der Waals surface area contributed by atoms with Gasteiger partial charge in [-0.1, -0.05) is 22.4 Å². The highest BCUT2D eigenvalue weighted by atomic mass is 79.9. The summed E-state index contributed by atoms with van der Waals surface area (Å²) in [6.07, 6.45) is 2.49. The summed E-state index contributed by atoms with van der Waals surface area (Å²) in [5.41, 5.74) is 0. The number of rotatable bonds is 3. The van der Waals surface area contributed by atoms with Crippen molar-refractivity contribution in [3.8, 4) is 6.07 Å². The lowest BCUT2D eigenvalue weighted by Crippen LogP contribution is -2.37. The Balaban J connectivity index is 2.60. The van der Waals surface area contributed by atoms with Crippen molar-refractivity contribution in [1.82, 2.24) is 4.72 Å². The molecule has 1 aliphatic rings. The molecule has 13 heavy (non-hydrogen) atoms. The van der Waals surface area contributed by atoms with Crippen LogP contribution in [0.2, 0.25) is 0 Å². The molecule has 0 aliphatic heterocycles. The predicted octanol–water partition coefficient (Wildman–Crippen LogP) is 0.950. The molecule has 1 N–H and O–H groups in total. The Labute approximate surface area is 86.5 Å². The third-order valence-corrected chi connectivity index (χ3v) is 4.91. The number of hydrogen-bond acceptors (Lipinski definition) is 3. The SMILES string of the molecule is N#CC1CCCC1NS(=O)(=O)CBr. The highest BCUT2D eigenvalue weighted by Crippen LogP contribution is 2.25. The highest BCUT2D eigenvalue weighted by Gasteiger charge is 2.29. The number of nitrogens with one attached hydrogen (secondary N) is 1. The summed E-state index contributed by atoms with van der Waals surface area (Å²) in [6.45, 7) is 0. The van der Waals surface area contributed by atoms with Gasteiger partial charge in [0.1, 0.15) is 4.66 Å². The molecule has 2 atom stereocenters. The maximum Gasteiger partial charge on any atom is 0.221 e. The second-order valence-electron chi connectivity index (χ2n) is 3.11. The van der Waals surface area contributed by atoms with E-state index in [-0.39, 0.29) is 16.6 Å². The van der Waals surface area contributed by atoms with Crippen LogP contribution < -0.4 is 4.72 Å². The molecule has 0 bridgehead atoms. The molecule has 0 aromatic heterocycles. The van der Waals surface area contributed by atoms with Crippen LogP contribution in [0.25, 0.3) is 0 Å². The van der Waals surface area contributed by atoms with E-state index in [0.29, 0.717) is 0 Å². The Bertz CT molecular complexity index is 309. The number of nitriles is 1. The quantitative estimate of drug-likeness (QED) is 0.774. The first-order chi connectivity index (χ1) is 6.09. The van der Waals surface area contributed by atoms with Crippen LogP contribution in [0.3, 0.4) is 0 Å². The van der Waals surface area contributed by atoms with E-state index < -0.39 is 10.0 Å². The minimum absolute atomic E-state index is 0.103. The normalized spacial score (nSPS) is 28.6. The van der Waals surface area contributed by atoms with Gasteiger partial charge in [-0.3, -0.25) is 0 Å². The highest BCUT2D eigenvalue weighted by molar-refractivity contribution is 9.10. The largest absolute Gasteiger partial charge is 0.221 e. The van der Waals surface area contributed by atoms with Gasteiger partial charge < -0.3 is 0 Å². The van der Waals surface area contributed by atoms with Crippen molar-refractivity contribution in [3.05, 3.63) is 0 Å². The smallest absolute Gasteiger partial charge is 0.212 e. The first kappa shape index (κ1) is 11.0. The van der Waals surface area contributed by atoms with Gasteiger partial charge in [-0.15, -0.1) is 0 Å². The van der Waals surface area contributed by atoms with Crippen molar-refractivity contribution >= 4 is 26.0 Å². The molecule has 0 radical (unpaired) electrons. The third-order valence-electron chi connectivity index (χ3n) is 2.16. The van der Waals surface area contributed by atoms with Crippen LogP contribution in [-0.4, -0.2) is 19.1 Å². The Hall–Kier alpha value is -0.120. The fraction of sp³-hybridized carbons (Fsp3) is 0.857. The van der Waals surface area contributed by atoms with Gasteiger partial charge in [-0.05, 0) is 12.8 Å². The Kier molecular flexibility index (Phi) is 3.71. The van der Waals surface area contributed by atoms with E-state index in [9.17, 15) is 8.42 Å². The van der Waals surface area contributed by atoms with E-state index in [2.05, 4.69) is 26.7 Å². The van der Waals surface area contributed by atoms with Crippen LogP contribution in [0.5, 0.6) is 0 Å².